The van der Waals surface area contributed by atoms with Crippen molar-refractivity contribution in [3.8, 4) is 0 Å². The molecule has 0 unspecified atom stereocenters. The Kier molecular flexibility index (Phi) is 7.49. The molecular weight excluding hydrogens is 309 g/mol. The van der Waals surface area contributed by atoms with Crippen molar-refractivity contribution in [2.45, 2.75) is 58.8 Å². The van der Waals surface area contributed by atoms with Crippen LogP contribution in [0.3, 0.4) is 0 Å². The number of hydrogen-bond acceptors (Lipinski definition) is 1. The van der Waals surface area contributed by atoms with E-state index in [2.05, 4.69) is 43.0 Å². The first-order chi connectivity index (χ1) is 12.0. The standard InChI is InChI=1S/C14H21N.C9H11F/c1-12(2)13-7-6-8-14(11-13)15-9-4-3-5-10-15;1-7(2)8-5-3-4-6-9(8)10/h6-8,11-12H,3-5,9-10H2,1-2H3;3-7H,1-2H3. The Morgan fingerprint density at radius 3 is 2.04 bits per heavy atom. The number of nitrogens with zero attached hydrogens (tertiary/aromatic N) is 1. The summed E-state index contributed by atoms with van der Waals surface area (Å²) in [6.45, 7) is 11.0. The molecular formula is C23H32FN. The number of halogens is 1. The Balaban J connectivity index is 0.000000196. The van der Waals surface area contributed by atoms with E-state index in [0.29, 0.717) is 5.92 Å². The summed E-state index contributed by atoms with van der Waals surface area (Å²) in [5.41, 5.74) is 3.67. The fraction of sp³-hybridized carbons (Fsp3) is 0.478. The maximum atomic E-state index is 12.8. The molecule has 1 aliphatic heterocycles. The lowest BCUT2D eigenvalue weighted by Gasteiger charge is -2.29. The Morgan fingerprint density at radius 1 is 0.800 bits per heavy atom. The number of anilines is 1. The van der Waals surface area contributed by atoms with Crippen molar-refractivity contribution in [2.75, 3.05) is 18.0 Å². The van der Waals surface area contributed by atoms with Gasteiger partial charge in [0.15, 0.2) is 0 Å². The van der Waals surface area contributed by atoms with Crippen LogP contribution in [0.2, 0.25) is 0 Å². The molecule has 2 heteroatoms. The zero-order valence-corrected chi connectivity index (χ0v) is 16.1. The van der Waals surface area contributed by atoms with Gasteiger partial charge in [-0.1, -0.05) is 58.0 Å². The quantitative estimate of drug-likeness (QED) is 0.597. The van der Waals surface area contributed by atoms with Crippen LogP contribution in [0.1, 0.15) is 69.9 Å². The van der Waals surface area contributed by atoms with Crippen LogP contribution in [0.4, 0.5) is 10.1 Å². The number of rotatable bonds is 3. The monoisotopic (exact) mass is 341 g/mol. The van der Waals surface area contributed by atoms with Crippen molar-refractivity contribution in [3.05, 3.63) is 65.5 Å². The zero-order valence-electron chi connectivity index (χ0n) is 16.1. The molecule has 0 aliphatic carbocycles. The number of hydrogen-bond donors (Lipinski definition) is 0. The van der Waals surface area contributed by atoms with Gasteiger partial charge in [-0.15, -0.1) is 0 Å². The van der Waals surface area contributed by atoms with Gasteiger partial charge in [0.1, 0.15) is 5.82 Å². The van der Waals surface area contributed by atoms with Gasteiger partial charge < -0.3 is 4.90 Å². The van der Waals surface area contributed by atoms with Crippen LogP contribution in [0, 0.1) is 5.82 Å². The van der Waals surface area contributed by atoms with Gasteiger partial charge in [0.05, 0.1) is 0 Å². The second-order valence-corrected chi connectivity index (χ2v) is 7.47. The molecule has 1 nitrogen and oxygen atoms in total. The van der Waals surface area contributed by atoms with Crippen molar-refractivity contribution in [3.63, 3.8) is 0 Å². The fourth-order valence-corrected chi connectivity index (χ4v) is 3.18. The Hall–Kier alpha value is -1.83. The van der Waals surface area contributed by atoms with Crippen molar-refractivity contribution in [1.82, 2.24) is 0 Å². The van der Waals surface area contributed by atoms with E-state index >= 15 is 0 Å². The van der Waals surface area contributed by atoms with Gasteiger partial charge in [-0.2, -0.15) is 0 Å². The van der Waals surface area contributed by atoms with Crippen LogP contribution >= 0.6 is 0 Å². The van der Waals surface area contributed by atoms with Crippen LogP contribution in [-0.4, -0.2) is 13.1 Å². The fourth-order valence-electron chi connectivity index (χ4n) is 3.18. The van der Waals surface area contributed by atoms with Crippen LogP contribution in [0.15, 0.2) is 48.5 Å². The molecule has 3 rings (SSSR count). The molecule has 0 bridgehead atoms. The largest absolute Gasteiger partial charge is 0.372 e. The molecule has 0 atom stereocenters. The highest BCUT2D eigenvalue weighted by molar-refractivity contribution is 5.49. The van der Waals surface area contributed by atoms with Gasteiger partial charge in [0.2, 0.25) is 0 Å². The minimum absolute atomic E-state index is 0.0995. The SMILES string of the molecule is CC(C)c1cccc(N2CCCCC2)c1.CC(C)c1ccccc1F. The molecule has 0 spiro atoms. The summed E-state index contributed by atoms with van der Waals surface area (Å²) >= 11 is 0. The van der Waals surface area contributed by atoms with E-state index < -0.39 is 0 Å². The lowest BCUT2D eigenvalue weighted by molar-refractivity contribution is 0.577. The summed E-state index contributed by atoms with van der Waals surface area (Å²) in [7, 11) is 0. The normalized spacial score (nSPS) is 14.4. The van der Waals surface area contributed by atoms with E-state index in [4.69, 9.17) is 0 Å². The molecule has 0 radical (unpaired) electrons. The van der Waals surface area contributed by atoms with E-state index in [9.17, 15) is 4.39 Å². The Morgan fingerprint density at radius 2 is 1.48 bits per heavy atom. The van der Waals surface area contributed by atoms with Crippen molar-refractivity contribution in [1.29, 1.82) is 0 Å². The molecule has 0 saturated carbocycles. The molecule has 0 N–H and O–H groups in total. The van der Waals surface area contributed by atoms with E-state index in [-0.39, 0.29) is 11.7 Å². The van der Waals surface area contributed by atoms with Gasteiger partial charge in [0.25, 0.3) is 0 Å². The Bertz CT molecular complexity index is 642. The minimum atomic E-state index is -0.0995. The highest BCUT2D eigenvalue weighted by atomic mass is 19.1. The summed E-state index contributed by atoms with van der Waals surface area (Å²) in [6.07, 6.45) is 4.11. The van der Waals surface area contributed by atoms with Crippen molar-refractivity contribution in [2.24, 2.45) is 0 Å². The molecule has 25 heavy (non-hydrogen) atoms. The van der Waals surface area contributed by atoms with Gasteiger partial charge in [0, 0.05) is 18.8 Å². The summed E-state index contributed by atoms with van der Waals surface area (Å²) in [5.74, 6) is 0.813. The summed E-state index contributed by atoms with van der Waals surface area (Å²) in [4.78, 5) is 2.52. The maximum Gasteiger partial charge on any atom is 0.126 e. The number of benzene rings is 2. The highest BCUT2D eigenvalue weighted by Crippen LogP contribution is 2.24. The first kappa shape index (κ1) is 19.5. The van der Waals surface area contributed by atoms with E-state index in [0.717, 1.165) is 5.56 Å². The average Bonchev–Trinajstić information content (AvgIpc) is 2.63. The second kappa shape index (κ2) is 9.60. The summed E-state index contributed by atoms with van der Waals surface area (Å²) in [6, 6.07) is 15.9. The molecule has 1 saturated heterocycles. The molecule has 0 aromatic heterocycles. The Labute approximate surface area is 152 Å². The summed E-state index contributed by atoms with van der Waals surface area (Å²) < 4.78 is 12.8. The van der Waals surface area contributed by atoms with Crippen molar-refractivity contribution >= 4 is 5.69 Å². The van der Waals surface area contributed by atoms with Crippen molar-refractivity contribution < 1.29 is 4.39 Å². The third-order valence-corrected chi connectivity index (χ3v) is 4.79. The molecule has 2 aromatic rings. The predicted octanol–water partition coefficient (Wildman–Crippen LogP) is 6.75. The third kappa shape index (κ3) is 5.88. The smallest absolute Gasteiger partial charge is 0.126 e. The number of piperidine rings is 1. The van der Waals surface area contributed by atoms with E-state index in [1.54, 1.807) is 6.07 Å². The van der Waals surface area contributed by atoms with E-state index in [1.807, 2.05) is 26.0 Å². The molecule has 1 fully saturated rings. The average molecular weight is 342 g/mol. The topological polar surface area (TPSA) is 3.24 Å². The molecule has 2 aromatic carbocycles. The van der Waals surface area contributed by atoms with Crippen LogP contribution in [0.5, 0.6) is 0 Å². The lowest BCUT2D eigenvalue weighted by atomic mass is 10.0. The van der Waals surface area contributed by atoms with Crippen LogP contribution in [-0.2, 0) is 0 Å². The molecule has 136 valence electrons. The highest BCUT2D eigenvalue weighted by Gasteiger charge is 2.11. The predicted molar refractivity (Wildman–Crippen MR) is 107 cm³/mol. The van der Waals surface area contributed by atoms with Gasteiger partial charge in [-0.25, -0.2) is 4.39 Å². The van der Waals surface area contributed by atoms with Gasteiger partial charge >= 0.3 is 0 Å². The maximum absolute atomic E-state index is 12.8. The minimum Gasteiger partial charge on any atom is -0.372 e. The van der Waals surface area contributed by atoms with E-state index in [1.165, 1.54) is 49.7 Å². The summed E-state index contributed by atoms with van der Waals surface area (Å²) in [5, 5.41) is 0. The van der Waals surface area contributed by atoms with Crippen LogP contribution < -0.4 is 4.90 Å². The molecule has 0 amide bonds. The first-order valence-corrected chi connectivity index (χ1v) is 9.58. The second-order valence-electron chi connectivity index (χ2n) is 7.47. The first-order valence-electron chi connectivity index (χ1n) is 9.58. The molecule has 1 heterocycles. The van der Waals surface area contributed by atoms with Crippen LogP contribution in [0.25, 0.3) is 0 Å². The van der Waals surface area contributed by atoms with Gasteiger partial charge in [-0.3, -0.25) is 0 Å². The van der Waals surface area contributed by atoms with Gasteiger partial charge in [-0.05, 0) is 60.4 Å². The lowest BCUT2D eigenvalue weighted by Crippen LogP contribution is -2.29. The third-order valence-electron chi connectivity index (χ3n) is 4.79. The zero-order chi connectivity index (χ0) is 18.2. The molecule has 1 aliphatic rings.